The molecule has 0 heterocycles. The minimum Gasteiger partial charge on any atom is -0.378 e. The first-order valence-corrected chi connectivity index (χ1v) is 10.7. The Morgan fingerprint density at radius 2 is 0.938 bits per heavy atom. The summed E-state index contributed by atoms with van der Waals surface area (Å²) in [7, 11) is 7.98. The van der Waals surface area contributed by atoms with Gasteiger partial charge in [-0.2, -0.15) is 10.2 Å². The number of benzene rings is 2. The third-order valence-corrected chi connectivity index (χ3v) is 4.84. The summed E-state index contributed by atoms with van der Waals surface area (Å²) in [5, 5.41) is 15.5. The maximum absolute atomic E-state index is 5.30. The first-order chi connectivity index (χ1) is 15.2. The van der Waals surface area contributed by atoms with Crippen LogP contribution in [-0.4, -0.2) is 49.8 Å². The van der Waals surface area contributed by atoms with Crippen molar-refractivity contribution >= 4 is 68.8 Å². The number of rotatable bonds is 7. The van der Waals surface area contributed by atoms with Crippen molar-refractivity contribution in [2.45, 2.75) is 13.8 Å². The topological polar surface area (TPSA) is 79.3 Å². The van der Waals surface area contributed by atoms with Crippen LogP contribution in [0.5, 0.6) is 0 Å². The second-order valence-corrected chi connectivity index (χ2v) is 8.23. The number of hydrogen-bond donors (Lipinski definition) is 4. The van der Waals surface area contributed by atoms with E-state index in [1.54, 1.807) is 0 Å². The number of hydrazone groups is 2. The van der Waals surface area contributed by atoms with Gasteiger partial charge in [0.1, 0.15) is 0 Å². The lowest BCUT2D eigenvalue weighted by Crippen LogP contribution is -2.28. The molecule has 2 rings (SSSR count). The fourth-order valence-electron chi connectivity index (χ4n) is 2.43. The van der Waals surface area contributed by atoms with Gasteiger partial charge < -0.3 is 20.4 Å². The highest BCUT2D eigenvalue weighted by molar-refractivity contribution is 7.80. The highest BCUT2D eigenvalue weighted by Gasteiger charge is 2.02. The molecular formula is C22H30N8S2. The summed E-state index contributed by atoms with van der Waals surface area (Å²) in [5.41, 5.74) is 11.0. The molecule has 10 heteroatoms. The van der Waals surface area contributed by atoms with Gasteiger partial charge in [-0.3, -0.25) is 10.9 Å². The first kappa shape index (κ1) is 25.0. The average molecular weight is 471 g/mol. The van der Waals surface area contributed by atoms with Gasteiger partial charge >= 0.3 is 0 Å². The van der Waals surface area contributed by atoms with Crippen LogP contribution in [0.2, 0.25) is 0 Å². The van der Waals surface area contributed by atoms with Gasteiger partial charge in [-0.1, -0.05) is 0 Å². The predicted molar refractivity (Wildman–Crippen MR) is 146 cm³/mol. The van der Waals surface area contributed by atoms with Crippen molar-refractivity contribution in [2.24, 2.45) is 10.2 Å². The van der Waals surface area contributed by atoms with Crippen molar-refractivity contribution in [1.82, 2.24) is 10.9 Å². The van der Waals surface area contributed by atoms with Gasteiger partial charge in [0.05, 0.1) is 11.4 Å². The van der Waals surface area contributed by atoms with E-state index in [1.807, 2.05) is 100 Å². The Morgan fingerprint density at radius 1 is 0.625 bits per heavy atom. The maximum Gasteiger partial charge on any atom is 0.191 e. The molecule has 4 N–H and O–H groups in total. The van der Waals surface area contributed by atoms with Crippen LogP contribution in [0.1, 0.15) is 13.8 Å². The zero-order chi connectivity index (χ0) is 23.7. The van der Waals surface area contributed by atoms with E-state index in [4.69, 9.17) is 24.4 Å². The van der Waals surface area contributed by atoms with E-state index in [0.29, 0.717) is 21.6 Å². The third-order valence-electron chi connectivity index (χ3n) is 4.46. The Kier molecular flexibility index (Phi) is 9.36. The Labute approximate surface area is 200 Å². The number of nitrogens with zero attached hydrogens (tertiary/aromatic N) is 4. The number of hydrogen-bond acceptors (Lipinski definition) is 6. The summed E-state index contributed by atoms with van der Waals surface area (Å²) in [6.45, 7) is 3.66. The molecule has 0 saturated carbocycles. The monoisotopic (exact) mass is 470 g/mol. The first-order valence-electron chi connectivity index (χ1n) is 9.93. The standard InChI is InChI=1S/C22H30N8S2/c1-15(25-27-21(31)23-17-7-11-19(12-8-17)29(3)4)16(2)26-28-22(32)24-18-9-13-20(14-10-18)30(5)6/h7-14H,1-6H3,(H2,23,27,31)(H2,24,28,32)/b25-15+,26-16+. The SMILES string of the molecule is CC(=N\NC(=S)Nc1ccc(N(C)C)cc1)/C(C)=N/NC(=S)Nc1ccc(N(C)C)cc1. The van der Waals surface area contributed by atoms with Gasteiger partial charge in [-0.15, -0.1) is 0 Å². The molecule has 0 spiro atoms. The van der Waals surface area contributed by atoms with Gasteiger partial charge in [0, 0.05) is 50.9 Å². The van der Waals surface area contributed by atoms with Crippen LogP contribution in [0.15, 0.2) is 58.7 Å². The summed E-state index contributed by atoms with van der Waals surface area (Å²) in [5.74, 6) is 0. The van der Waals surface area contributed by atoms with E-state index in [2.05, 4.69) is 31.7 Å². The molecule has 0 radical (unpaired) electrons. The molecule has 2 aromatic carbocycles. The van der Waals surface area contributed by atoms with E-state index in [0.717, 1.165) is 22.7 Å². The summed E-state index contributed by atoms with van der Waals surface area (Å²) in [6.07, 6.45) is 0. The molecule has 2 aromatic rings. The van der Waals surface area contributed by atoms with E-state index in [-0.39, 0.29) is 0 Å². The van der Waals surface area contributed by atoms with Crippen LogP contribution in [0.4, 0.5) is 22.7 Å². The smallest absolute Gasteiger partial charge is 0.191 e. The van der Waals surface area contributed by atoms with Gasteiger partial charge in [-0.05, 0) is 86.8 Å². The maximum atomic E-state index is 5.30. The molecule has 0 fully saturated rings. The molecule has 0 aliphatic heterocycles. The fraction of sp³-hybridized carbons (Fsp3) is 0.273. The fourth-order valence-corrected chi connectivity index (χ4v) is 2.76. The summed E-state index contributed by atoms with van der Waals surface area (Å²) in [6, 6.07) is 15.9. The van der Waals surface area contributed by atoms with Crippen molar-refractivity contribution in [3.05, 3.63) is 48.5 Å². The molecule has 0 aliphatic carbocycles. The second kappa shape index (κ2) is 12.0. The lowest BCUT2D eigenvalue weighted by atomic mass is 10.2. The minimum absolute atomic E-state index is 0.390. The highest BCUT2D eigenvalue weighted by Crippen LogP contribution is 2.16. The van der Waals surface area contributed by atoms with Gasteiger partial charge in [0.25, 0.3) is 0 Å². The molecule has 0 bridgehead atoms. The van der Waals surface area contributed by atoms with E-state index in [1.165, 1.54) is 0 Å². The highest BCUT2D eigenvalue weighted by atomic mass is 32.1. The quantitative estimate of drug-likeness (QED) is 0.276. The van der Waals surface area contributed by atoms with E-state index < -0.39 is 0 Å². The molecule has 0 saturated heterocycles. The predicted octanol–water partition coefficient (Wildman–Crippen LogP) is 3.84. The van der Waals surface area contributed by atoms with Crippen LogP contribution in [-0.2, 0) is 0 Å². The minimum atomic E-state index is 0.390. The number of thiocarbonyl (C=S) groups is 2. The van der Waals surface area contributed by atoms with Crippen LogP contribution < -0.4 is 31.3 Å². The van der Waals surface area contributed by atoms with Crippen molar-refractivity contribution in [2.75, 3.05) is 48.6 Å². The summed E-state index contributed by atoms with van der Waals surface area (Å²) < 4.78 is 0. The van der Waals surface area contributed by atoms with Gasteiger partial charge in [0.15, 0.2) is 10.2 Å². The molecule has 170 valence electrons. The van der Waals surface area contributed by atoms with Gasteiger partial charge in [0.2, 0.25) is 0 Å². The largest absolute Gasteiger partial charge is 0.378 e. The Hall–Kier alpha value is -3.24. The molecule has 0 atom stereocenters. The molecule has 0 amide bonds. The van der Waals surface area contributed by atoms with Crippen LogP contribution in [0, 0.1) is 0 Å². The summed E-state index contributed by atoms with van der Waals surface area (Å²) >= 11 is 10.6. The van der Waals surface area contributed by atoms with Crippen molar-refractivity contribution in [3.63, 3.8) is 0 Å². The third kappa shape index (κ3) is 8.12. The zero-order valence-electron chi connectivity index (χ0n) is 19.2. The Balaban J connectivity index is 1.83. The van der Waals surface area contributed by atoms with Crippen molar-refractivity contribution in [1.29, 1.82) is 0 Å². The average Bonchev–Trinajstić information content (AvgIpc) is 2.76. The zero-order valence-corrected chi connectivity index (χ0v) is 20.9. The molecule has 0 aliphatic rings. The van der Waals surface area contributed by atoms with Crippen LogP contribution >= 0.6 is 24.4 Å². The van der Waals surface area contributed by atoms with Gasteiger partial charge in [-0.25, -0.2) is 0 Å². The van der Waals surface area contributed by atoms with Crippen molar-refractivity contribution < 1.29 is 0 Å². The lowest BCUT2D eigenvalue weighted by molar-refractivity contribution is 1.02. The van der Waals surface area contributed by atoms with Crippen LogP contribution in [0.25, 0.3) is 0 Å². The molecule has 0 aromatic heterocycles. The second-order valence-electron chi connectivity index (χ2n) is 7.41. The van der Waals surface area contributed by atoms with E-state index >= 15 is 0 Å². The van der Waals surface area contributed by atoms with E-state index in [9.17, 15) is 0 Å². The summed E-state index contributed by atoms with van der Waals surface area (Å²) in [4.78, 5) is 4.07. The van der Waals surface area contributed by atoms with Crippen molar-refractivity contribution in [3.8, 4) is 0 Å². The Morgan fingerprint density at radius 3 is 1.22 bits per heavy atom. The Bertz CT molecular complexity index is 898. The molecule has 8 nitrogen and oxygen atoms in total. The number of anilines is 4. The molecule has 0 unspecified atom stereocenters. The van der Waals surface area contributed by atoms with Crippen LogP contribution in [0.3, 0.4) is 0 Å². The molecule has 32 heavy (non-hydrogen) atoms. The lowest BCUT2D eigenvalue weighted by Gasteiger charge is -2.14. The normalized spacial score (nSPS) is 11.4. The number of nitrogens with one attached hydrogen (secondary N) is 4. The molecular weight excluding hydrogens is 440 g/mol.